The highest BCUT2D eigenvalue weighted by Gasteiger charge is 2.69. The summed E-state index contributed by atoms with van der Waals surface area (Å²) < 4.78 is 66.9. The minimum absolute atomic E-state index is 0.00281. The lowest BCUT2D eigenvalue weighted by atomic mass is 9.79. The number of esters is 1. The van der Waals surface area contributed by atoms with E-state index in [1.165, 1.54) is 0 Å². The van der Waals surface area contributed by atoms with Crippen molar-refractivity contribution < 1.29 is 62.4 Å². The molecule has 16 unspecified atom stereocenters. The van der Waals surface area contributed by atoms with Crippen LogP contribution in [0.15, 0.2) is 24.3 Å². The number of ether oxygens (including phenoxy) is 10. The first-order valence-electron chi connectivity index (χ1n) is 21.3. The second-order valence-corrected chi connectivity index (χ2v) is 18.5. The summed E-state index contributed by atoms with van der Waals surface area (Å²) in [5, 5.41) is 20.6. The van der Waals surface area contributed by atoms with Gasteiger partial charge in [-0.25, -0.2) is 0 Å². The first-order chi connectivity index (χ1) is 26.5. The molecule has 21 atom stereocenters. The Morgan fingerprint density at radius 2 is 1.42 bits per heavy atom. The zero-order valence-electron chi connectivity index (χ0n) is 32.2. The molecule has 13 nitrogen and oxygen atoms in total. The summed E-state index contributed by atoms with van der Waals surface area (Å²) >= 11 is 0. The zero-order chi connectivity index (χ0) is 37.7. The Balaban J connectivity index is 0.934. The summed E-state index contributed by atoms with van der Waals surface area (Å²) in [5.41, 5.74) is 2.14. The van der Waals surface area contributed by atoms with Crippen molar-refractivity contribution in [3.05, 3.63) is 24.3 Å². The van der Waals surface area contributed by atoms with Crippen molar-refractivity contribution in [2.75, 3.05) is 6.61 Å². The van der Waals surface area contributed by atoms with Crippen LogP contribution in [-0.2, 0) is 52.2 Å². The molecule has 0 radical (unpaired) electrons. The molecule has 55 heavy (non-hydrogen) atoms. The van der Waals surface area contributed by atoms with Crippen LogP contribution in [0.3, 0.4) is 0 Å². The molecule has 13 heteroatoms. The maximum absolute atomic E-state index is 14.0. The van der Waals surface area contributed by atoms with Crippen molar-refractivity contribution in [1.82, 2.24) is 0 Å². The van der Waals surface area contributed by atoms with Gasteiger partial charge in [0.15, 0.2) is 5.79 Å². The zero-order valence-corrected chi connectivity index (χ0v) is 32.2. The SMILES string of the molecule is C=C1C(C)CC2CC[C@@H]3OC(CCC45CC6OC7C(O4)[C@H]4OC(CCC4O[C@H]7C6O5)CC(=O)OC4[C@@H](C)C5OC(CCO)C(O)CC5O[C@H]4CC1O2)CC3=C. The van der Waals surface area contributed by atoms with Crippen LogP contribution in [0.25, 0.3) is 0 Å². The van der Waals surface area contributed by atoms with E-state index in [-0.39, 0.29) is 98.0 Å². The number of aliphatic hydroxyl groups excluding tert-OH is 2. The van der Waals surface area contributed by atoms with Crippen molar-refractivity contribution in [1.29, 1.82) is 0 Å². The second kappa shape index (κ2) is 14.7. The van der Waals surface area contributed by atoms with Crippen LogP contribution in [-0.4, -0.2) is 138 Å². The van der Waals surface area contributed by atoms with Crippen LogP contribution >= 0.6 is 0 Å². The lowest BCUT2D eigenvalue weighted by molar-refractivity contribution is -0.293. The van der Waals surface area contributed by atoms with E-state index in [1.54, 1.807) is 0 Å². The lowest BCUT2D eigenvalue weighted by Gasteiger charge is -2.51. The number of carbonyl (C=O) groups excluding carboxylic acids is 1. The molecular weight excluding hydrogens is 712 g/mol. The van der Waals surface area contributed by atoms with E-state index in [4.69, 9.17) is 47.4 Å². The predicted molar refractivity (Wildman–Crippen MR) is 193 cm³/mol. The molecule has 11 heterocycles. The van der Waals surface area contributed by atoms with Crippen LogP contribution in [0.1, 0.15) is 97.3 Å². The third kappa shape index (κ3) is 6.79. The van der Waals surface area contributed by atoms with E-state index in [0.717, 1.165) is 49.7 Å². The van der Waals surface area contributed by atoms with Gasteiger partial charge in [0.1, 0.15) is 36.6 Å². The van der Waals surface area contributed by atoms with Gasteiger partial charge in [-0.05, 0) is 68.4 Å². The Hall–Kier alpha value is -1.49. The summed E-state index contributed by atoms with van der Waals surface area (Å²) in [6, 6.07) is 0. The molecule has 0 aromatic heterocycles. The first-order valence-corrected chi connectivity index (χ1v) is 21.3. The molecule has 0 aliphatic carbocycles. The highest BCUT2D eigenvalue weighted by atomic mass is 16.8. The number of rotatable bonds is 2. The molecule has 0 amide bonds. The van der Waals surface area contributed by atoms with Gasteiger partial charge >= 0.3 is 5.97 Å². The van der Waals surface area contributed by atoms with Crippen molar-refractivity contribution >= 4 is 5.97 Å². The topological polar surface area (TPSA) is 150 Å². The fourth-order valence-corrected chi connectivity index (χ4v) is 11.9. The Morgan fingerprint density at radius 3 is 2.27 bits per heavy atom. The third-order valence-corrected chi connectivity index (χ3v) is 14.8. The third-order valence-electron chi connectivity index (χ3n) is 14.8. The van der Waals surface area contributed by atoms with Gasteiger partial charge in [0.2, 0.25) is 0 Å². The number of hydrogen-bond acceptors (Lipinski definition) is 13. The highest BCUT2D eigenvalue weighted by molar-refractivity contribution is 5.70. The maximum Gasteiger partial charge on any atom is 0.308 e. The standard InChI is InChI=1S/C42H60O13/c1-19-13-23-5-7-27-20(2)14-25(46-27)9-11-42-18-33-38(54-42)39-40(52-33)41(55-42)37-29(51-39)8-6-24(48-37)15-34(45)53-36-22(4)35-31(16-26(44)28(50-35)10-12-43)49-32(36)17-30(47-23)21(19)3/h19,22-33,35-41,43-44H,2-3,5-18H2,1,4H3/t19?,22-,23?,24?,25?,26?,27-,28?,29?,30?,31?,32-,33?,35?,36?,37-,38?,39-,40?,41?,42?/m0/s1. The first kappa shape index (κ1) is 37.8. The molecule has 0 aromatic carbocycles. The van der Waals surface area contributed by atoms with Crippen LogP contribution in [0, 0.1) is 11.8 Å². The van der Waals surface area contributed by atoms with Gasteiger partial charge in [-0.2, -0.15) is 0 Å². The molecule has 12 bridgehead atoms. The molecule has 1 spiro atoms. The molecule has 11 rings (SSSR count). The molecule has 11 saturated heterocycles. The summed E-state index contributed by atoms with van der Waals surface area (Å²) in [4.78, 5) is 14.0. The minimum Gasteiger partial charge on any atom is -0.459 e. The Bertz CT molecular complexity index is 1490. The smallest absolute Gasteiger partial charge is 0.308 e. The summed E-state index contributed by atoms with van der Waals surface area (Å²) in [5.74, 6) is -1.18. The summed E-state index contributed by atoms with van der Waals surface area (Å²) in [6.45, 7) is 13.1. The van der Waals surface area contributed by atoms with E-state index in [9.17, 15) is 15.0 Å². The summed E-state index contributed by atoms with van der Waals surface area (Å²) in [7, 11) is 0. The predicted octanol–water partition coefficient (Wildman–Crippen LogP) is 3.59. The molecule has 0 aromatic rings. The average Bonchev–Trinajstić information content (AvgIpc) is 3.74. The van der Waals surface area contributed by atoms with Crippen LogP contribution in [0.5, 0.6) is 0 Å². The average molecular weight is 773 g/mol. The van der Waals surface area contributed by atoms with Gasteiger partial charge < -0.3 is 57.6 Å². The molecule has 11 aliphatic heterocycles. The van der Waals surface area contributed by atoms with Crippen LogP contribution < -0.4 is 0 Å². The van der Waals surface area contributed by atoms with Gasteiger partial charge in [-0.1, -0.05) is 27.0 Å². The van der Waals surface area contributed by atoms with E-state index in [0.29, 0.717) is 38.5 Å². The minimum atomic E-state index is -0.808. The molecule has 306 valence electrons. The quantitative estimate of drug-likeness (QED) is 0.312. The van der Waals surface area contributed by atoms with Gasteiger partial charge in [0, 0.05) is 38.2 Å². The van der Waals surface area contributed by atoms with Crippen molar-refractivity contribution in [2.45, 2.75) is 213 Å². The Kier molecular flexibility index (Phi) is 10.1. The largest absolute Gasteiger partial charge is 0.459 e. The van der Waals surface area contributed by atoms with E-state index >= 15 is 0 Å². The number of hydrogen-bond donors (Lipinski definition) is 2. The normalized spacial score (nSPS) is 54.9. The Labute approximate surface area is 323 Å². The molecule has 11 fully saturated rings. The molecule has 11 aliphatic rings. The van der Waals surface area contributed by atoms with Crippen molar-refractivity contribution in [2.24, 2.45) is 11.8 Å². The monoisotopic (exact) mass is 772 g/mol. The van der Waals surface area contributed by atoms with Gasteiger partial charge in [0.25, 0.3) is 0 Å². The van der Waals surface area contributed by atoms with E-state index in [1.807, 2.05) is 6.92 Å². The second-order valence-electron chi connectivity index (χ2n) is 18.5. The van der Waals surface area contributed by atoms with Gasteiger partial charge in [0.05, 0.1) is 79.7 Å². The molecular formula is C42H60O13. The van der Waals surface area contributed by atoms with Gasteiger partial charge in [-0.15, -0.1) is 0 Å². The molecule has 2 N–H and O–H groups in total. The molecule has 0 saturated carbocycles. The number of fused-ring (bicyclic) bond motifs is 7. The van der Waals surface area contributed by atoms with Crippen molar-refractivity contribution in [3.63, 3.8) is 0 Å². The Morgan fingerprint density at radius 1 is 0.673 bits per heavy atom. The van der Waals surface area contributed by atoms with Gasteiger partial charge in [-0.3, -0.25) is 4.79 Å². The van der Waals surface area contributed by atoms with Crippen molar-refractivity contribution in [3.8, 4) is 0 Å². The fourth-order valence-electron chi connectivity index (χ4n) is 11.9. The number of aliphatic hydroxyl groups is 2. The van der Waals surface area contributed by atoms with Crippen LogP contribution in [0.4, 0.5) is 0 Å². The number of carbonyl (C=O) groups is 1. The highest BCUT2D eigenvalue weighted by Crippen LogP contribution is 2.54. The summed E-state index contributed by atoms with van der Waals surface area (Å²) in [6.07, 6.45) is 2.38. The van der Waals surface area contributed by atoms with E-state index in [2.05, 4.69) is 20.1 Å². The maximum atomic E-state index is 14.0. The van der Waals surface area contributed by atoms with Crippen LogP contribution in [0.2, 0.25) is 0 Å². The fraction of sp³-hybridized carbons (Fsp3) is 0.881. The lowest BCUT2D eigenvalue weighted by Crippen LogP contribution is -2.62. The van der Waals surface area contributed by atoms with E-state index < -0.39 is 48.5 Å².